The van der Waals surface area contributed by atoms with E-state index >= 15 is 0 Å². The van der Waals surface area contributed by atoms with E-state index in [2.05, 4.69) is 46.5 Å². The lowest BCUT2D eigenvalue weighted by Crippen LogP contribution is -2.04. The molecule has 5 heteroatoms. The molecule has 0 aliphatic carbocycles. The van der Waals surface area contributed by atoms with Gasteiger partial charge in [0.05, 0.1) is 18.3 Å². The Balaban J connectivity index is 1.46. The monoisotopic (exact) mass is 358 g/mol. The average Bonchev–Trinajstić information content (AvgIpc) is 3.29. The summed E-state index contributed by atoms with van der Waals surface area (Å²) in [5, 5.41) is 12.4. The van der Waals surface area contributed by atoms with Gasteiger partial charge < -0.3 is 0 Å². The Morgan fingerprint density at radius 3 is 2.81 bits per heavy atom. The van der Waals surface area contributed by atoms with Crippen LogP contribution < -0.4 is 0 Å². The van der Waals surface area contributed by atoms with Crippen LogP contribution in [0.1, 0.15) is 40.5 Å². The van der Waals surface area contributed by atoms with Crippen molar-refractivity contribution >= 4 is 16.7 Å². The molecule has 0 aliphatic heterocycles. The highest BCUT2D eigenvalue weighted by Crippen LogP contribution is 2.17. The molecule has 0 unspecified atom stereocenters. The molecule has 0 spiro atoms. The van der Waals surface area contributed by atoms with Gasteiger partial charge in [0.1, 0.15) is 5.69 Å². The predicted molar refractivity (Wildman–Crippen MR) is 106 cm³/mol. The number of benzene rings is 2. The van der Waals surface area contributed by atoms with E-state index in [0.29, 0.717) is 18.7 Å². The molecular weight excluding hydrogens is 336 g/mol. The first-order valence-corrected chi connectivity index (χ1v) is 9.28. The van der Waals surface area contributed by atoms with Gasteiger partial charge >= 0.3 is 0 Å². The van der Waals surface area contributed by atoms with E-state index in [-0.39, 0.29) is 5.78 Å². The van der Waals surface area contributed by atoms with Gasteiger partial charge in [0, 0.05) is 18.0 Å². The third-order valence-electron chi connectivity index (χ3n) is 4.66. The minimum absolute atomic E-state index is 0.00283. The van der Waals surface area contributed by atoms with Crippen LogP contribution in [0, 0.1) is 0 Å². The van der Waals surface area contributed by atoms with E-state index in [1.807, 2.05) is 35.1 Å². The van der Waals surface area contributed by atoms with Crippen LogP contribution in [0.15, 0.2) is 60.9 Å². The first-order valence-electron chi connectivity index (χ1n) is 9.28. The molecule has 0 atom stereocenters. The highest BCUT2D eigenvalue weighted by molar-refractivity contribution is 6.06. The maximum atomic E-state index is 12.7. The average molecular weight is 358 g/mol. The van der Waals surface area contributed by atoms with Gasteiger partial charge in [-0.1, -0.05) is 55.8 Å². The fourth-order valence-electron chi connectivity index (χ4n) is 3.39. The molecule has 0 amide bonds. The van der Waals surface area contributed by atoms with Crippen molar-refractivity contribution in [3.8, 4) is 0 Å². The van der Waals surface area contributed by atoms with Gasteiger partial charge in [-0.3, -0.25) is 14.6 Å². The van der Waals surface area contributed by atoms with E-state index in [4.69, 9.17) is 0 Å². The van der Waals surface area contributed by atoms with Crippen LogP contribution in [0.2, 0.25) is 0 Å². The maximum absolute atomic E-state index is 12.7. The van der Waals surface area contributed by atoms with Gasteiger partial charge in [0.15, 0.2) is 5.78 Å². The predicted octanol–water partition coefficient (Wildman–Crippen LogP) is 4.19. The summed E-state index contributed by atoms with van der Waals surface area (Å²) in [6.45, 7) is 2.89. The van der Waals surface area contributed by atoms with Crippen molar-refractivity contribution < 1.29 is 4.79 Å². The standard InChI is InChI=1S/C22H22N4O/c1-2-6-16-7-5-8-17(11-16)14-26-15-18(13-23-26)12-21(27)22-19-9-3-4-10-20(19)24-25-22/h3-5,7-11,13,15H,2,6,12,14H2,1H3,(H,24,25). The number of aromatic amines is 1. The Bertz CT molecular complexity index is 1080. The van der Waals surface area contributed by atoms with Crippen LogP contribution in [-0.4, -0.2) is 25.8 Å². The lowest BCUT2D eigenvalue weighted by Gasteiger charge is -2.05. The molecular formula is C22H22N4O. The van der Waals surface area contributed by atoms with Crippen LogP contribution >= 0.6 is 0 Å². The van der Waals surface area contributed by atoms with Crippen molar-refractivity contribution in [1.29, 1.82) is 0 Å². The van der Waals surface area contributed by atoms with Gasteiger partial charge in [-0.25, -0.2) is 0 Å². The van der Waals surface area contributed by atoms with Crippen molar-refractivity contribution in [2.24, 2.45) is 0 Å². The smallest absolute Gasteiger partial charge is 0.188 e. The number of Topliss-reactive ketones (excluding diaryl/α,β-unsaturated/α-hetero) is 1. The molecule has 0 radical (unpaired) electrons. The van der Waals surface area contributed by atoms with Gasteiger partial charge in [-0.05, 0) is 29.2 Å². The van der Waals surface area contributed by atoms with E-state index in [0.717, 1.165) is 29.3 Å². The van der Waals surface area contributed by atoms with Crippen molar-refractivity contribution in [2.75, 3.05) is 0 Å². The van der Waals surface area contributed by atoms with E-state index < -0.39 is 0 Å². The Hall–Kier alpha value is -3.21. The summed E-state index contributed by atoms with van der Waals surface area (Å²) in [5.41, 5.74) is 4.84. The number of aromatic nitrogens is 4. The third-order valence-corrected chi connectivity index (χ3v) is 4.66. The van der Waals surface area contributed by atoms with Gasteiger partial charge in [-0.15, -0.1) is 0 Å². The number of ketones is 1. The van der Waals surface area contributed by atoms with Crippen molar-refractivity contribution in [3.05, 3.63) is 83.3 Å². The van der Waals surface area contributed by atoms with Crippen molar-refractivity contribution in [1.82, 2.24) is 20.0 Å². The fraction of sp³-hybridized carbons (Fsp3) is 0.227. The SMILES string of the molecule is CCCc1cccc(Cn2cc(CC(=O)c3n[nH]c4ccccc34)cn2)c1. The summed E-state index contributed by atoms with van der Waals surface area (Å²) in [6, 6.07) is 16.3. The van der Waals surface area contributed by atoms with E-state index in [1.165, 1.54) is 11.1 Å². The summed E-state index contributed by atoms with van der Waals surface area (Å²) >= 11 is 0. The summed E-state index contributed by atoms with van der Waals surface area (Å²) in [6.07, 6.45) is 6.23. The van der Waals surface area contributed by atoms with Gasteiger partial charge in [-0.2, -0.15) is 10.2 Å². The molecule has 1 N–H and O–H groups in total. The van der Waals surface area contributed by atoms with Crippen LogP contribution in [0.25, 0.3) is 10.9 Å². The summed E-state index contributed by atoms with van der Waals surface area (Å²) < 4.78 is 1.89. The number of aryl methyl sites for hydroxylation is 1. The first kappa shape index (κ1) is 17.2. The third kappa shape index (κ3) is 3.82. The fourth-order valence-corrected chi connectivity index (χ4v) is 3.39. The largest absolute Gasteiger partial charge is 0.292 e. The number of nitrogens with one attached hydrogen (secondary N) is 1. The molecule has 136 valence electrons. The van der Waals surface area contributed by atoms with E-state index in [1.54, 1.807) is 6.20 Å². The van der Waals surface area contributed by atoms with Crippen LogP contribution in [0.4, 0.5) is 0 Å². The van der Waals surface area contributed by atoms with Crippen molar-refractivity contribution in [3.63, 3.8) is 0 Å². The maximum Gasteiger partial charge on any atom is 0.188 e. The number of hydrogen-bond acceptors (Lipinski definition) is 3. The molecule has 2 aromatic heterocycles. The Labute approximate surface area is 158 Å². The van der Waals surface area contributed by atoms with Crippen LogP contribution in [-0.2, 0) is 19.4 Å². The molecule has 0 fully saturated rings. The molecule has 0 bridgehead atoms. The topological polar surface area (TPSA) is 63.6 Å². The number of H-pyrrole nitrogens is 1. The minimum Gasteiger partial charge on any atom is -0.292 e. The molecule has 4 rings (SSSR count). The highest BCUT2D eigenvalue weighted by Gasteiger charge is 2.15. The number of hydrogen-bond donors (Lipinski definition) is 1. The number of rotatable bonds is 7. The molecule has 2 heterocycles. The Morgan fingerprint density at radius 2 is 1.93 bits per heavy atom. The number of fused-ring (bicyclic) bond motifs is 1. The normalized spacial score (nSPS) is 11.1. The van der Waals surface area contributed by atoms with Gasteiger partial charge in [0.25, 0.3) is 0 Å². The molecule has 0 saturated heterocycles. The number of para-hydroxylation sites is 1. The van der Waals surface area contributed by atoms with Crippen LogP contribution in [0.5, 0.6) is 0 Å². The lowest BCUT2D eigenvalue weighted by molar-refractivity contribution is 0.0989. The van der Waals surface area contributed by atoms with Crippen molar-refractivity contribution in [2.45, 2.75) is 32.7 Å². The second-order valence-corrected chi connectivity index (χ2v) is 6.83. The highest BCUT2D eigenvalue weighted by atomic mass is 16.1. The zero-order chi connectivity index (χ0) is 18.6. The molecule has 0 saturated carbocycles. The quantitative estimate of drug-likeness (QED) is 0.504. The molecule has 2 aromatic carbocycles. The summed E-state index contributed by atoms with van der Waals surface area (Å²) in [7, 11) is 0. The molecule has 5 nitrogen and oxygen atoms in total. The zero-order valence-corrected chi connectivity index (χ0v) is 15.4. The Kier molecular flexibility index (Phi) is 4.83. The van der Waals surface area contributed by atoms with Crippen LogP contribution in [0.3, 0.4) is 0 Å². The molecule has 27 heavy (non-hydrogen) atoms. The molecule has 4 aromatic rings. The van der Waals surface area contributed by atoms with Gasteiger partial charge in [0.2, 0.25) is 0 Å². The second-order valence-electron chi connectivity index (χ2n) is 6.83. The van der Waals surface area contributed by atoms with E-state index in [9.17, 15) is 4.79 Å². The number of nitrogens with zero attached hydrogens (tertiary/aromatic N) is 3. The number of carbonyl (C=O) groups is 1. The summed E-state index contributed by atoms with van der Waals surface area (Å²) in [4.78, 5) is 12.7. The Morgan fingerprint density at radius 1 is 1.07 bits per heavy atom. The zero-order valence-electron chi connectivity index (χ0n) is 15.4. The molecule has 0 aliphatic rings. The number of carbonyl (C=O) groups excluding carboxylic acids is 1. The lowest BCUT2D eigenvalue weighted by atomic mass is 10.1. The minimum atomic E-state index is -0.00283. The first-order chi connectivity index (χ1) is 13.2. The second kappa shape index (κ2) is 7.58. The summed E-state index contributed by atoms with van der Waals surface area (Å²) in [5.74, 6) is -0.00283.